The van der Waals surface area contributed by atoms with Gasteiger partial charge >= 0.3 is 6.18 Å². The predicted octanol–water partition coefficient (Wildman–Crippen LogP) is 5.48. The van der Waals surface area contributed by atoms with E-state index in [2.05, 4.69) is 15.6 Å². The first kappa shape index (κ1) is 21.4. The Morgan fingerprint density at radius 2 is 1.87 bits per heavy atom. The molecule has 2 atom stereocenters. The highest BCUT2D eigenvalue weighted by Crippen LogP contribution is 2.38. The zero-order valence-corrected chi connectivity index (χ0v) is 17.6. The first-order valence-electron chi connectivity index (χ1n) is 10.0. The van der Waals surface area contributed by atoms with E-state index in [-0.39, 0.29) is 18.0 Å². The summed E-state index contributed by atoms with van der Waals surface area (Å²) in [6, 6.07) is 12.1. The lowest BCUT2D eigenvalue weighted by Gasteiger charge is -2.31. The Kier molecular flexibility index (Phi) is 6.04. The second kappa shape index (κ2) is 8.74. The lowest BCUT2D eigenvalue weighted by molar-refractivity contribution is -0.137. The van der Waals surface area contributed by atoms with E-state index in [1.54, 1.807) is 49.6 Å². The van der Waals surface area contributed by atoms with E-state index < -0.39 is 11.2 Å². The van der Waals surface area contributed by atoms with E-state index in [4.69, 9.17) is 4.74 Å². The van der Waals surface area contributed by atoms with Gasteiger partial charge in [0.2, 0.25) is 0 Å². The quantitative estimate of drug-likeness (QED) is 0.542. The predicted molar refractivity (Wildman–Crippen MR) is 115 cm³/mol. The molecule has 3 aromatic rings. The fourth-order valence-corrected chi connectivity index (χ4v) is 4.73. The number of fused-ring (bicyclic) bond motifs is 1. The molecule has 1 aliphatic rings. The molecular weight excluding hydrogens is 427 g/mol. The number of aromatic nitrogens is 1. The molecule has 1 aromatic heterocycles. The second-order valence-electron chi connectivity index (χ2n) is 7.58. The first-order chi connectivity index (χ1) is 14.8. The summed E-state index contributed by atoms with van der Waals surface area (Å²) in [5.74, 6) is 0.535. The maximum absolute atomic E-state index is 13.1. The van der Waals surface area contributed by atoms with Crippen LogP contribution in [0.4, 0.5) is 18.9 Å². The summed E-state index contributed by atoms with van der Waals surface area (Å²) < 4.78 is 44.8. The van der Waals surface area contributed by atoms with Crippen molar-refractivity contribution in [3.63, 3.8) is 0 Å². The molecule has 0 unspecified atom stereocenters. The number of halogens is 3. The average Bonchev–Trinajstić information content (AvgIpc) is 3.20. The molecule has 0 radical (unpaired) electrons. The Labute approximate surface area is 181 Å². The van der Waals surface area contributed by atoms with Crippen molar-refractivity contribution in [1.82, 2.24) is 10.3 Å². The number of nitrogens with zero attached hydrogens (tertiary/aromatic N) is 1. The fraction of sp³-hybridized carbons (Fsp3) is 0.364. The van der Waals surface area contributed by atoms with Crippen molar-refractivity contribution >= 4 is 33.1 Å². The van der Waals surface area contributed by atoms with Gasteiger partial charge < -0.3 is 15.4 Å². The van der Waals surface area contributed by atoms with Crippen LogP contribution in [-0.2, 0) is 6.18 Å². The van der Waals surface area contributed by atoms with Crippen LogP contribution in [0.3, 0.4) is 0 Å². The number of hydrogen-bond donors (Lipinski definition) is 2. The Morgan fingerprint density at radius 1 is 1.13 bits per heavy atom. The van der Waals surface area contributed by atoms with Crippen LogP contribution in [0, 0.1) is 0 Å². The topological polar surface area (TPSA) is 63.2 Å². The number of alkyl halides is 3. The number of thiazole rings is 1. The van der Waals surface area contributed by atoms with E-state index >= 15 is 0 Å². The standard InChI is InChI=1S/C22H22F3N3O2S/c1-30-16-10-8-13(9-11-16)20(29)27-15-5-2-4-14(12-15)26-17-6-3-7-18-19(17)28-21(31-18)22(23,24)25/h3,6-11,14-15,26H,2,4-5,12H2,1H3,(H,27,29)/t14-,15+/m0/s1. The number of nitrogens with one attached hydrogen (secondary N) is 2. The van der Waals surface area contributed by atoms with Crippen LogP contribution in [0.15, 0.2) is 42.5 Å². The Morgan fingerprint density at radius 3 is 2.58 bits per heavy atom. The molecule has 1 amide bonds. The number of carbonyl (C=O) groups is 1. The third kappa shape index (κ3) is 4.92. The van der Waals surface area contributed by atoms with E-state index in [0.717, 1.165) is 19.3 Å². The van der Waals surface area contributed by atoms with Crippen molar-refractivity contribution in [3.05, 3.63) is 53.0 Å². The van der Waals surface area contributed by atoms with Gasteiger partial charge in [-0.05, 0) is 62.1 Å². The minimum atomic E-state index is -4.46. The van der Waals surface area contributed by atoms with Crippen molar-refractivity contribution in [2.45, 2.75) is 43.9 Å². The molecule has 2 N–H and O–H groups in total. The van der Waals surface area contributed by atoms with Gasteiger partial charge in [-0.15, -0.1) is 11.3 Å². The number of carbonyl (C=O) groups excluding carboxylic acids is 1. The Hall–Kier alpha value is -2.81. The summed E-state index contributed by atoms with van der Waals surface area (Å²) in [6.45, 7) is 0. The van der Waals surface area contributed by atoms with Gasteiger partial charge in [0.1, 0.15) is 11.3 Å². The maximum atomic E-state index is 13.1. The molecule has 31 heavy (non-hydrogen) atoms. The molecule has 1 fully saturated rings. The monoisotopic (exact) mass is 449 g/mol. The molecule has 1 saturated carbocycles. The highest BCUT2D eigenvalue weighted by Gasteiger charge is 2.35. The van der Waals surface area contributed by atoms with Gasteiger partial charge in [-0.1, -0.05) is 6.07 Å². The molecule has 5 nitrogen and oxygen atoms in total. The number of anilines is 1. The molecule has 2 aromatic carbocycles. The van der Waals surface area contributed by atoms with Crippen molar-refractivity contribution in [2.24, 2.45) is 0 Å². The lowest BCUT2D eigenvalue weighted by Crippen LogP contribution is -2.41. The fourth-order valence-electron chi connectivity index (χ4n) is 3.87. The van der Waals surface area contributed by atoms with E-state index in [9.17, 15) is 18.0 Å². The summed E-state index contributed by atoms with van der Waals surface area (Å²) in [6.07, 6.45) is -1.12. The first-order valence-corrected chi connectivity index (χ1v) is 10.8. The van der Waals surface area contributed by atoms with Crippen molar-refractivity contribution in [3.8, 4) is 5.75 Å². The SMILES string of the molecule is COc1ccc(C(=O)N[C@@H]2CCC[C@H](Nc3cccc4sc(C(F)(F)F)nc34)C2)cc1. The summed E-state index contributed by atoms with van der Waals surface area (Å²) in [5, 5.41) is 5.58. The van der Waals surface area contributed by atoms with Gasteiger partial charge in [0.05, 0.1) is 17.5 Å². The normalized spacial score (nSPS) is 19.2. The minimum Gasteiger partial charge on any atom is -0.497 e. The lowest BCUT2D eigenvalue weighted by atomic mass is 9.90. The number of amides is 1. The number of para-hydroxylation sites is 1. The Bertz CT molecular complexity index is 1070. The number of ether oxygens (including phenoxy) is 1. The molecule has 1 aliphatic carbocycles. The highest BCUT2D eigenvalue weighted by molar-refractivity contribution is 7.18. The van der Waals surface area contributed by atoms with Gasteiger partial charge in [-0.2, -0.15) is 13.2 Å². The van der Waals surface area contributed by atoms with Crippen LogP contribution < -0.4 is 15.4 Å². The molecule has 0 spiro atoms. The van der Waals surface area contributed by atoms with Gasteiger partial charge in [0, 0.05) is 17.6 Å². The van der Waals surface area contributed by atoms with Crippen LogP contribution >= 0.6 is 11.3 Å². The zero-order valence-electron chi connectivity index (χ0n) is 16.8. The number of benzene rings is 2. The molecule has 0 saturated heterocycles. The minimum absolute atomic E-state index is 0.0128. The van der Waals surface area contributed by atoms with E-state index in [0.29, 0.717) is 45.0 Å². The largest absolute Gasteiger partial charge is 0.497 e. The van der Waals surface area contributed by atoms with Gasteiger partial charge in [0.25, 0.3) is 5.91 Å². The number of rotatable bonds is 5. The second-order valence-corrected chi connectivity index (χ2v) is 8.61. The van der Waals surface area contributed by atoms with Crippen LogP contribution in [0.1, 0.15) is 41.0 Å². The zero-order chi connectivity index (χ0) is 22.0. The summed E-state index contributed by atoms with van der Waals surface area (Å²) in [5.41, 5.74) is 1.49. The van der Waals surface area contributed by atoms with Crippen LogP contribution in [0.2, 0.25) is 0 Å². The summed E-state index contributed by atoms with van der Waals surface area (Å²) in [4.78, 5) is 16.4. The van der Waals surface area contributed by atoms with E-state index in [1.807, 2.05) is 0 Å². The van der Waals surface area contributed by atoms with Crippen LogP contribution in [-0.4, -0.2) is 30.1 Å². The van der Waals surface area contributed by atoms with Crippen molar-refractivity contribution in [2.75, 3.05) is 12.4 Å². The van der Waals surface area contributed by atoms with E-state index in [1.165, 1.54) is 0 Å². The number of hydrogen-bond acceptors (Lipinski definition) is 5. The molecule has 0 bridgehead atoms. The van der Waals surface area contributed by atoms with Gasteiger partial charge in [-0.25, -0.2) is 4.98 Å². The summed E-state index contributed by atoms with van der Waals surface area (Å²) in [7, 11) is 1.57. The molecule has 4 rings (SSSR count). The Balaban J connectivity index is 1.43. The van der Waals surface area contributed by atoms with Gasteiger partial charge in [0.15, 0.2) is 5.01 Å². The number of methoxy groups -OCH3 is 1. The smallest absolute Gasteiger partial charge is 0.443 e. The molecular formula is C22H22F3N3O2S. The van der Waals surface area contributed by atoms with Crippen LogP contribution in [0.5, 0.6) is 5.75 Å². The van der Waals surface area contributed by atoms with Crippen molar-refractivity contribution in [1.29, 1.82) is 0 Å². The summed E-state index contributed by atoms with van der Waals surface area (Å²) >= 11 is 0.648. The van der Waals surface area contributed by atoms with Crippen molar-refractivity contribution < 1.29 is 22.7 Å². The molecule has 0 aliphatic heterocycles. The molecule has 1 heterocycles. The third-order valence-electron chi connectivity index (χ3n) is 5.38. The molecule has 9 heteroatoms. The molecule has 164 valence electrons. The van der Waals surface area contributed by atoms with Crippen LogP contribution in [0.25, 0.3) is 10.2 Å². The third-order valence-corrected chi connectivity index (χ3v) is 6.45. The highest BCUT2D eigenvalue weighted by atomic mass is 32.1. The maximum Gasteiger partial charge on any atom is 0.443 e. The average molecular weight is 449 g/mol. The van der Waals surface area contributed by atoms with Gasteiger partial charge in [-0.3, -0.25) is 4.79 Å².